The van der Waals surface area contributed by atoms with E-state index in [0.717, 1.165) is 5.84 Å². The molecule has 2 rings (SSSR count). The predicted octanol–water partition coefficient (Wildman–Crippen LogP) is 0.851. The van der Waals surface area contributed by atoms with Gasteiger partial charge in [-0.3, -0.25) is 5.01 Å². The molecule has 0 spiro atoms. The third kappa shape index (κ3) is 3.05. The van der Waals surface area contributed by atoms with Crippen LogP contribution in [0.15, 0.2) is 28.2 Å². The van der Waals surface area contributed by atoms with Gasteiger partial charge in [-0.25, -0.2) is 14.5 Å². The summed E-state index contributed by atoms with van der Waals surface area (Å²) >= 11 is 0. The molecule has 0 amide bonds. The second-order valence-electron chi connectivity index (χ2n) is 4.09. The van der Waals surface area contributed by atoms with Crippen LogP contribution in [-0.4, -0.2) is 41.2 Å². The molecule has 1 aliphatic heterocycles. The molecule has 1 aromatic heterocycles. The van der Waals surface area contributed by atoms with Crippen LogP contribution in [-0.2, 0) is 0 Å². The zero-order valence-corrected chi connectivity index (χ0v) is 11.2. The van der Waals surface area contributed by atoms with Gasteiger partial charge in [-0.15, -0.1) is 0 Å². The molecule has 4 N–H and O–H groups in total. The Morgan fingerprint density at radius 1 is 1.75 bits per heavy atom. The van der Waals surface area contributed by atoms with E-state index in [1.165, 1.54) is 12.3 Å². The van der Waals surface area contributed by atoms with Gasteiger partial charge in [0.05, 0.1) is 5.92 Å². The van der Waals surface area contributed by atoms with Gasteiger partial charge in [0.25, 0.3) is 0 Å². The summed E-state index contributed by atoms with van der Waals surface area (Å²) < 4.78 is 16.6. The quantitative estimate of drug-likeness (QED) is 0.742. The van der Waals surface area contributed by atoms with Crippen molar-refractivity contribution in [2.75, 3.05) is 19.2 Å². The van der Waals surface area contributed by atoms with E-state index in [1.54, 1.807) is 18.3 Å². The molecule has 0 aliphatic carbocycles. The fourth-order valence-corrected chi connectivity index (χ4v) is 1.66. The minimum Gasteiger partial charge on any atom is -0.446 e. The first kappa shape index (κ1) is 13.8. The van der Waals surface area contributed by atoms with Gasteiger partial charge in [0, 0.05) is 25.5 Å². The summed E-state index contributed by atoms with van der Waals surface area (Å²) in [6.45, 7) is 1.05. The van der Waals surface area contributed by atoms with E-state index in [0.29, 0.717) is 11.6 Å². The summed E-state index contributed by atoms with van der Waals surface area (Å²) in [5, 5.41) is 15.1. The summed E-state index contributed by atoms with van der Waals surface area (Å²) in [5.41, 5.74) is 5.53. The molecule has 2 heterocycles. The number of ether oxygens (including phenoxy) is 1. The molecule has 1 unspecified atom stereocenters. The Bertz CT molecular complexity index is 537. The number of nitrogens with zero attached hydrogens (tertiary/aromatic N) is 4. The molecule has 8 nitrogen and oxygen atoms in total. The molecule has 0 aromatic carbocycles. The molecule has 9 heteroatoms. The van der Waals surface area contributed by atoms with Gasteiger partial charge in [0.1, 0.15) is 11.7 Å². The third-order valence-corrected chi connectivity index (χ3v) is 2.62. The highest BCUT2D eigenvalue weighted by Crippen LogP contribution is 2.16. The Labute approximate surface area is 115 Å². The number of H-pyrrole nitrogens is 1. The maximum atomic E-state index is 12.0. The van der Waals surface area contributed by atoms with Crippen LogP contribution in [0.4, 0.5) is 10.2 Å². The summed E-state index contributed by atoms with van der Waals surface area (Å²) in [7, 11) is 1.80. The highest BCUT2D eigenvalue weighted by Gasteiger charge is 2.19. The molecule has 1 aromatic rings. The van der Waals surface area contributed by atoms with Gasteiger partial charge in [-0.05, 0) is 0 Å². The summed E-state index contributed by atoms with van der Waals surface area (Å²) in [6, 6.07) is 1.50. The molecule has 0 saturated carbocycles. The monoisotopic (exact) mass is 281 g/mol. The fraction of sp³-hybridized carbons (Fsp3) is 0.364. The standard InChI is InChI=1S/C11H16FN7O/c1-7-5-14-19(2)11(7)16-9(4-13)15-8-3-10(18-17-8)20-6-12/h3-5,7H,6,13H2,1-2H3,(H2,15,17,18)/b9-4-,16-11+. The second kappa shape index (κ2) is 6.04. The number of amidine groups is 1. The number of nitrogens with one attached hydrogen (secondary N) is 2. The lowest BCUT2D eigenvalue weighted by molar-refractivity contribution is 0.184. The molecule has 0 radical (unpaired) electrons. The summed E-state index contributed by atoms with van der Waals surface area (Å²) in [4.78, 5) is 4.38. The topological polar surface area (TPSA) is 104 Å². The lowest BCUT2D eigenvalue weighted by Gasteiger charge is -2.12. The molecule has 20 heavy (non-hydrogen) atoms. The molecule has 0 saturated heterocycles. The van der Waals surface area contributed by atoms with Crippen LogP contribution in [0.3, 0.4) is 0 Å². The van der Waals surface area contributed by atoms with E-state index in [4.69, 9.17) is 5.73 Å². The van der Waals surface area contributed by atoms with E-state index >= 15 is 0 Å². The van der Waals surface area contributed by atoms with Crippen LogP contribution >= 0.6 is 0 Å². The number of nitrogens with two attached hydrogens (primary N) is 1. The smallest absolute Gasteiger partial charge is 0.230 e. The Morgan fingerprint density at radius 2 is 2.55 bits per heavy atom. The normalized spacial score (nSPS) is 20.8. The number of anilines is 1. The van der Waals surface area contributed by atoms with Gasteiger partial charge in [0.15, 0.2) is 5.82 Å². The third-order valence-electron chi connectivity index (χ3n) is 2.62. The molecular weight excluding hydrogens is 265 g/mol. The number of halogens is 1. The molecule has 108 valence electrons. The van der Waals surface area contributed by atoms with Crippen LogP contribution < -0.4 is 15.8 Å². The molecular formula is C11H16FN7O. The van der Waals surface area contributed by atoms with Crippen LogP contribution in [0.5, 0.6) is 5.88 Å². The molecule has 0 fully saturated rings. The maximum absolute atomic E-state index is 12.0. The van der Waals surface area contributed by atoms with Crippen molar-refractivity contribution in [1.29, 1.82) is 0 Å². The fourth-order valence-electron chi connectivity index (χ4n) is 1.66. The van der Waals surface area contributed by atoms with Crippen molar-refractivity contribution in [2.45, 2.75) is 6.92 Å². The number of hydrogen-bond acceptors (Lipinski definition) is 6. The van der Waals surface area contributed by atoms with Gasteiger partial charge < -0.3 is 15.8 Å². The predicted molar refractivity (Wildman–Crippen MR) is 73.9 cm³/mol. The van der Waals surface area contributed by atoms with Crippen LogP contribution in [0, 0.1) is 5.92 Å². The van der Waals surface area contributed by atoms with Crippen molar-refractivity contribution < 1.29 is 9.13 Å². The van der Waals surface area contributed by atoms with Gasteiger partial charge in [-0.2, -0.15) is 10.2 Å². The average molecular weight is 281 g/mol. The Morgan fingerprint density at radius 3 is 3.15 bits per heavy atom. The van der Waals surface area contributed by atoms with Crippen LogP contribution in [0.1, 0.15) is 6.92 Å². The van der Waals surface area contributed by atoms with Crippen LogP contribution in [0.2, 0.25) is 0 Å². The zero-order chi connectivity index (χ0) is 14.5. The maximum Gasteiger partial charge on any atom is 0.230 e. The zero-order valence-electron chi connectivity index (χ0n) is 11.2. The SMILES string of the molecule is CC1C=NN(C)/C1=N/C(=C\N)Nc1cc(OCF)[nH]n1. The van der Waals surface area contributed by atoms with E-state index in [1.807, 2.05) is 6.92 Å². The van der Waals surface area contributed by atoms with Crippen LogP contribution in [0.25, 0.3) is 0 Å². The number of aromatic amines is 1. The van der Waals surface area contributed by atoms with Crippen molar-refractivity contribution in [3.05, 3.63) is 18.1 Å². The largest absolute Gasteiger partial charge is 0.446 e. The van der Waals surface area contributed by atoms with Gasteiger partial charge in [-0.1, -0.05) is 6.92 Å². The number of aliphatic imine (C=N–C) groups is 1. The minimum atomic E-state index is -0.927. The average Bonchev–Trinajstić information content (AvgIpc) is 2.99. The van der Waals surface area contributed by atoms with Crippen molar-refractivity contribution in [3.8, 4) is 5.88 Å². The van der Waals surface area contributed by atoms with Crippen molar-refractivity contribution in [2.24, 2.45) is 21.7 Å². The number of alkyl halides is 1. The summed E-state index contributed by atoms with van der Waals surface area (Å²) in [5.74, 6) is 1.89. The molecule has 1 aliphatic rings. The van der Waals surface area contributed by atoms with Crippen molar-refractivity contribution >= 4 is 17.9 Å². The van der Waals surface area contributed by atoms with E-state index in [9.17, 15) is 4.39 Å². The Balaban J connectivity index is 2.08. The van der Waals surface area contributed by atoms with Crippen molar-refractivity contribution in [3.63, 3.8) is 0 Å². The highest BCUT2D eigenvalue weighted by atomic mass is 19.1. The number of aromatic nitrogens is 2. The summed E-state index contributed by atoms with van der Waals surface area (Å²) in [6.07, 6.45) is 3.10. The van der Waals surface area contributed by atoms with E-state index in [2.05, 4.69) is 30.3 Å². The Hall–Kier alpha value is -2.58. The lowest BCUT2D eigenvalue weighted by atomic mass is 10.2. The van der Waals surface area contributed by atoms with Crippen molar-refractivity contribution in [1.82, 2.24) is 15.2 Å². The number of hydrazone groups is 1. The molecule has 1 atom stereocenters. The number of hydrogen-bond donors (Lipinski definition) is 3. The van der Waals surface area contributed by atoms with Gasteiger partial charge in [0.2, 0.25) is 12.7 Å². The van der Waals surface area contributed by atoms with E-state index < -0.39 is 6.86 Å². The highest BCUT2D eigenvalue weighted by molar-refractivity contribution is 6.00. The van der Waals surface area contributed by atoms with Gasteiger partial charge >= 0.3 is 0 Å². The minimum absolute atomic E-state index is 0.0985. The first-order valence-corrected chi connectivity index (χ1v) is 5.93. The number of rotatable bonds is 5. The Kier molecular flexibility index (Phi) is 4.18. The first-order chi connectivity index (χ1) is 9.63. The molecule has 0 bridgehead atoms. The first-order valence-electron chi connectivity index (χ1n) is 5.93. The second-order valence-corrected chi connectivity index (χ2v) is 4.09. The van der Waals surface area contributed by atoms with E-state index in [-0.39, 0.29) is 11.8 Å². The lowest BCUT2D eigenvalue weighted by Crippen LogP contribution is -2.22.